The van der Waals surface area contributed by atoms with Gasteiger partial charge in [0.25, 0.3) is 0 Å². The van der Waals surface area contributed by atoms with E-state index in [4.69, 9.17) is 0 Å². The number of anilines is 1. The second kappa shape index (κ2) is 9.41. The van der Waals surface area contributed by atoms with Gasteiger partial charge in [-0.2, -0.15) is 0 Å². The monoisotopic (exact) mass is 458 g/mol. The van der Waals surface area contributed by atoms with E-state index in [1.807, 2.05) is 0 Å². The number of halogens is 2. The van der Waals surface area contributed by atoms with Gasteiger partial charge in [0.2, 0.25) is 5.91 Å². The number of nitrogens with one attached hydrogen (secondary N) is 1. The Morgan fingerprint density at radius 1 is 1.22 bits per heavy atom. The molecular formula is C18H20BrFN2O4S. The molecule has 2 N–H and O–H groups in total. The van der Waals surface area contributed by atoms with Crippen molar-refractivity contribution in [2.24, 2.45) is 0 Å². The zero-order valence-corrected chi connectivity index (χ0v) is 17.1. The maximum absolute atomic E-state index is 13.9. The van der Waals surface area contributed by atoms with Crippen LogP contribution in [0.15, 0.2) is 51.8 Å². The van der Waals surface area contributed by atoms with Gasteiger partial charge in [0.1, 0.15) is 5.82 Å². The van der Waals surface area contributed by atoms with Crippen LogP contribution in [0.5, 0.6) is 0 Å². The minimum atomic E-state index is -3.30. The number of amides is 1. The number of carbonyl (C=O) groups excluding carboxylic acids is 1. The molecule has 0 aliphatic heterocycles. The predicted molar refractivity (Wildman–Crippen MR) is 105 cm³/mol. The minimum Gasteiger partial charge on any atom is -0.395 e. The fourth-order valence-electron chi connectivity index (χ4n) is 2.45. The van der Waals surface area contributed by atoms with Crippen LogP contribution in [-0.4, -0.2) is 50.3 Å². The van der Waals surface area contributed by atoms with Crippen LogP contribution in [0.3, 0.4) is 0 Å². The molecule has 0 saturated carbocycles. The van der Waals surface area contributed by atoms with Gasteiger partial charge in [-0.15, -0.1) is 0 Å². The van der Waals surface area contributed by atoms with Gasteiger partial charge in [0.05, 0.1) is 18.0 Å². The molecule has 27 heavy (non-hydrogen) atoms. The Kier molecular flexibility index (Phi) is 7.49. The Morgan fingerprint density at radius 2 is 1.89 bits per heavy atom. The molecule has 0 unspecified atom stereocenters. The molecule has 2 aromatic carbocycles. The summed E-state index contributed by atoms with van der Waals surface area (Å²) in [4.78, 5) is 14.0. The molecule has 6 nitrogen and oxygen atoms in total. The van der Waals surface area contributed by atoms with E-state index in [9.17, 15) is 22.7 Å². The zero-order valence-electron chi connectivity index (χ0n) is 14.7. The average Bonchev–Trinajstić information content (AvgIpc) is 2.58. The van der Waals surface area contributed by atoms with Crippen molar-refractivity contribution in [1.82, 2.24) is 4.90 Å². The number of hydrogen-bond donors (Lipinski definition) is 2. The predicted octanol–water partition coefficient (Wildman–Crippen LogP) is 2.42. The first-order valence-corrected chi connectivity index (χ1v) is 10.7. The molecule has 0 aromatic heterocycles. The van der Waals surface area contributed by atoms with E-state index in [0.717, 1.165) is 10.7 Å². The van der Waals surface area contributed by atoms with E-state index in [0.29, 0.717) is 11.3 Å². The lowest BCUT2D eigenvalue weighted by Crippen LogP contribution is -2.35. The molecule has 0 fully saturated rings. The summed E-state index contributed by atoms with van der Waals surface area (Å²) < 4.78 is 37.6. The Morgan fingerprint density at radius 3 is 2.48 bits per heavy atom. The Labute approximate surface area is 166 Å². The van der Waals surface area contributed by atoms with Crippen molar-refractivity contribution in [2.45, 2.75) is 11.4 Å². The quantitative estimate of drug-likeness (QED) is 0.634. The van der Waals surface area contributed by atoms with Crippen molar-refractivity contribution >= 4 is 37.4 Å². The summed E-state index contributed by atoms with van der Waals surface area (Å²) in [5.41, 5.74) is 0.855. The number of aliphatic hydroxyl groups is 1. The van der Waals surface area contributed by atoms with Gasteiger partial charge in [-0.25, -0.2) is 12.8 Å². The molecule has 0 spiro atoms. The van der Waals surface area contributed by atoms with E-state index < -0.39 is 15.7 Å². The third-order valence-corrected chi connectivity index (χ3v) is 5.37. The average molecular weight is 459 g/mol. The lowest BCUT2D eigenvalue weighted by Gasteiger charge is -2.21. The highest BCUT2D eigenvalue weighted by molar-refractivity contribution is 9.10. The highest BCUT2D eigenvalue weighted by atomic mass is 79.9. The molecule has 1 amide bonds. The van der Waals surface area contributed by atoms with E-state index in [2.05, 4.69) is 21.2 Å². The summed E-state index contributed by atoms with van der Waals surface area (Å²) in [6, 6.07) is 10.4. The Balaban J connectivity index is 2.03. The van der Waals surface area contributed by atoms with E-state index in [1.54, 1.807) is 17.0 Å². The third-order valence-electron chi connectivity index (χ3n) is 3.75. The minimum absolute atomic E-state index is 0.0552. The SMILES string of the molecule is CS(=O)(=O)c1ccc(NC(=O)CN(CCO)Cc2cc(Br)ccc2F)cc1. The van der Waals surface area contributed by atoms with Crippen LogP contribution in [-0.2, 0) is 21.2 Å². The molecule has 146 valence electrons. The number of aliphatic hydroxyl groups excluding tert-OH is 1. The van der Waals surface area contributed by atoms with Crippen LogP contribution in [0.1, 0.15) is 5.56 Å². The van der Waals surface area contributed by atoms with Crippen molar-refractivity contribution in [1.29, 1.82) is 0 Å². The molecule has 9 heteroatoms. The van der Waals surface area contributed by atoms with Crippen LogP contribution < -0.4 is 5.32 Å². The largest absolute Gasteiger partial charge is 0.395 e. The van der Waals surface area contributed by atoms with Crippen LogP contribution in [0.4, 0.5) is 10.1 Å². The lowest BCUT2D eigenvalue weighted by atomic mass is 10.2. The molecular weight excluding hydrogens is 439 g/mol. The van der Waals surface area contributed by atoms with Crippen LogP contribution in [0, 0.1) is 5.82 Å². The lowest BCUT2D eigenvalue weighted by molar-refractivity contribution is -0.117. The summed E-state index contributed by atoms with van der Waals surface area (Å²) in [6.45, 7) is 0.130. The highest BCUT2D eigenvalue weighted by Gasteiger charge is 2.14. The zero-order chi connectivity index (χ0) is 20.0. The second-order valence-electron chi connectivity index (χ2n) is 6.01. The number of sulfone groups is 1. The fraction of sp³-hybridized carbons (Fsp3) is 0.278. The smallest absolute Gasteiger partial charge is 0.238 e. The molecule has 0 atom stereocenters. The summed E-state index contributed by atoms with van der Waals surface area (Å²) in [5, 5.41) is 11.9. The molecule has 0 aliphatic rings. The van der Waals surface area contributed by atoms with Crippen LogP contribution >= 0.6 is 15.9 Å². The highest BCUT2D eigenvalue weighted by Crippen LogP contribution is 2.18. The molecule has 0 saturated heterocycles. The summed E-state index contributed by atoms with van der Waals surface area (Å²) in [5.74, 6) is -0.746. The standard InChI is InChI=1S/C18H20BrFN2O4S/c1-27(25,26)16-5-3-15(4-6-16)21-18(24)12-22(8-9-23)11-13-10-14(19)2-7-17(13)20/h2-7,10,23H,8-9,11-12H2,1H3,(H,21,24). The first kappa shape index (κ1) is 21.5. The molecule has 0 heterocycles. The summed E-state index contributed by atoms with van der Waals surface area (Å²) >= 11 is 3.28. The second-order valence-corrected chi connectivity index (χ2v) is 8.95. The van der Waals surface area contributed by atoms with E-state index in [1.165, 1.54) is 30.3 Å². The summed E-state index contributed by atoms with van der Waals surface area (Å²) in [6.07, 6.45) is 1.11. The van der Waals surface area contributed by atoms with Crippen LogP contribution in [0.25, 0.3) is 0 Å². The van der Waals surface area contributed by atoms with Crippen molar-refractivity contribution < 1.29 is 22.7 Å². The molecule has 0 radical (unpaired) electrons. The number of hydrogen-bond acceptors (Lipinski definition) is 5. The summed E-state index contributed by atoms with van der Waals surface area (Å²) in [7, 11) is -3.30. The first-order valence-electron chi connectivity index (χ1n) is 8.06. The fourth-order valence-corrected chi connectivity index (χ4v) is 3.49. The van der Waals surface area contributed by atoms with E-state index in [-0.39, 0.29) is 37.0 Å². The van der Waals surface area contributed by atoms with Gasteiger partial charge >= 0.3 is 0 Å². The van der Waals surface area contributed by atoms with Crippen molar-refractivity contribution in [3.05, 3.63) is 58.3 Å². The van der Waals surface area contributed by atoms with Crippen LogP contribution in [0.2, 0.25) is 0 Å². The molecule has 2 aromatic rings. The topological polar surface area (TPSA) is 86.7 Å². The van der Waals surface area contributed by atoms with Crippen molar-refractivity contribution in [3.8, 4) is 0 Å². The maximum Gasteiger partial charge on any atom is 0.238 e. The van der Waals surface area contributed by atoms with Gasteiger partial charge in [-0.1, -0.05) is 15.9 Å². The number of nitrogens with zero attached hydrogens (tertiary/aromatic N) is 1. The Hall–Kier alpha value is -1.81. The molecule has 0 aliphatic carbocycles. The van der Waals surface area contributed by atoms with Crippen molar-refractivity contribution in [3.63, 3.8) is 0 Å². The van der Waals surface area contributed by atoms with Gasteiger partial charge in [0, 0.05) is 35.1 Å². The first-order chi connectivity index (χ1) is 12.7. The molecule has 0 bridgehead atoms. The number of carbonyl (C=O) groups is 1. The van der Waals surface area contributed by atoms with E-state index >= 15 is 0 Å². The third kappa shape index (κ3) is 6.69. The maximum atomic E-state index is 13.9. The van der Waals surface area contributed by atoms with Gasteiger partial charge < -0.3 is 10.4 Å². The van der Waals surface area contributed by atoms with Gasteiger partial charge in [-0.3, -0.25) is 9.69 Å². The Bertz CT molecular complexity index is 904. The number of benzene rings is 2. The number of rotatable bonds is 8. The van der Waals surface area contributed by atoms with Crippen molar-refractivity contribution in [2.75, 3.05) is 31.3 Å². The van der Waals surface area contributed by atoms with Gasteiger partial charge in [0.15, 0.2) is 9.84 Å². The normalized spacial score (nSPS) is 11.6. The molecule has 2 rings (SSSR count). The van der Waals surface area contributed by atoms with Gasteiger partial charge in [-0.05, 0) is 42.5 Å².